The Hall–Kier alpha value is -3.54. The van der Waals surface area contributed by atoms with Crippen molar-refractivity contribution >= 4 is 24.4 Å². The third-order valence-corrected chi connectivity index (χ3v) is 5.81. The lowest BCUT2D eigenvalue weighted by Crippen LogP contribution is -2.53. The summed E-state index contributed by atoms with van der Waals surface area (Å²) in [7, 11) is 1.19. The summed E-state index contributed by atoms with van der Waals surface area (Å²) in [4.78, 5) is 49.2. The van der Waals surface area contributed by atoms with Crippen molar-refractivity contribution < 1.29 is 52.3 Å². The lowest BCUT2D eigenvalue weighted by atomic mass is 9.86. The van der Waals surface area contributed by atoms with Gasteiger partial charge in [0.2, 0.25) is 0 Å². The van der Waals surface area contributed by atoms with E-state index in [9.17, 15) is 19.2 Å². The molecule has 1 rings (SSSR count). The van der Waals surface area contributed by atoms with Crippen LogP contribution in [0, 0.1) is 0 Å². The number of esters is 1. The lowest BCUT2D eigenvalue weighted by Gasteiger charge is -2.29. The summed E-state index contributed by atoms with van der Waals surface area (Å²) in [6.07, 6.45) is 1.85. The molecule has 0 fully saturated rings. The summed E-state index contributed by atoms with van der Waals surface area (Å²) in [6, 6.07) is 4.34. The average molecular weight is 584 g/mol. The Labute approximate surface area is 242 Å². The van der Waals surface area contributed by atoms with Crippen LogP contribution < -0.4 is 15.2 Å². The molecule has 0 aliphatic rings. The molecule has 0 saturated carbocycles. The molecule has 12 nitrogen and oxygen atoms in total. The summed E-state index contributed by atoms with van der Waals surface area (Å²) in [5, 5.41) is 0. The maximum Gasteiger partial charge on any atom is 0.513 e. The van der Waals surface area contributed by atoms with E-state index < -0.39 is 36.1 Å². The first-order chi connectivity index (χ1) is 19.6. The number of benzene rings is 1. The molecule has 0 aliphatic heterocycles. The SMILES string of the molecule is CCCCCOC(=O)Oc1ccc(CC(N)(C[C@H](C)OC(=O)OCCC)C(=O)OC)cc1OC(=O)OCCCCC. The largest absolute Gasteiger partial charge is 0.513 e. The van der Waals surface area contributed by atoms with Crippen molar-refractivity contribution in [2.45, 2.75) is 97.1 Å². The van der Waals surface area contributed by atoms with Gasteiger partial charge in [-0.3, -0.25) is 4.79 Å². The number of hydrogen-bond donors (Lipinski definition) is 1. The van der Waals surface area contributed by atoms with Crippen LogP contribution in [-0.4, -0.2) is 63.0 Å². The van der Waals surface area contributed by atoms with Crippen molar-refractivity contribution in [2.75, 3.05) is 26.9 Å². The van der Waals surface area contributed by atoms with Crippen LogP contribution in [0.1, 0.15) is 84.6 Å². The second-order valence-electron chi connectivity index (χ2n) is 9.65. The fourth-order valence-corrected chi connectivity index (χ4v) is 3.81. The molecule has 2 atom stereocenters. The van der Waals surface area contributed by atoms with E-state index in [4.69, 9.17) is 38.9 Å². The van der Waals surface area contributed by atoms with E-state index in [0.717, 1.165) is 25.7 Å². The van der Waals surface area contributed by atoms with E-state index >= 15 is 0 Å². The first kappa shape index (κ1) is 35.5. The highest BCUT2D eigenvalue weighted by molar-refractivity contribution is 5.81. The molecule has 0 aliphatic carbocycles. The van der Waals surface area contributed by atoms with Gasteiger partial charge in [0.25, 0.3) is 0 Å². The van der Waals surface area contributed by atoms with Crippen LogP contribution in [0.5, 0.6) is 11.5 Å². The van der Waals surface area contributed by atoms with E-state index in [1.54, 1.807) is 13.0 Å². The molecular formula is C29H45NO11. The Morgan fingerprint density at radius 3 is 1.88 bits per heavy atom. The number of ether oxygens (including phenoxy) is 7. The van der Waals surface area contributed by atoms with Crippen molar-refractivity contribution in [3.63, 3.8) is 0 Å². The summed E-state index contributed by atoms with van der Waals surface area (Å²) in [6.45, 7) is 8.00. The number of hydrogen-bond acceptors (Lipinski definition) is 12. The molecule has 1 aromatic rings. The maximum absolute atomic E-state index is 12.7. The molecule has 41 heavy (non-hydrogen) atoms. The van der Waals surface area contributed by atoms with E-state index in [1.165, 1.54) is 19.2 Å². The molecule has 0 aromatic heterocycles. The standard InChI is InChI=1S/C29H45NO11/c1-6-9-11-16-37-27(33)40-23-14-13-22(18-24(23)41-28(34)38-17-12-10-7-2)20-29(30,25(31)35-5)19-21(4)39-26(32)36-15-8-3/h13-14,18,21H,6-12,15-17,19-20,30H2,1-5H3/t21-,29?/m0/s1. The minimum Gasteiger partial charge on any atom is -0.468 e. The van der Waals surface area contributed by atoms with Gasteiger partial charge < -0.3 is 38.9 Å². The third kappa shape index (κ3) is 14.1. The Morgan fingerprint density at radius 2 is 1.34 bits per heavy atom. The molecule has 0 bridgehead atoms. The van der Waals surface area contributed by atoms with Crippen molar-refractivity contribution in [3.05, 3.63) is 23.8 Å². The van der Waals surface area contributed by atoms with Gasteiger partial charge in [-0.1, -0.05) is 52.5 Å². The highest BCUT2D eigenvalue weighted by Crippen LogP contribution is 2.31. The van der Waals surface area contributed by atoms with Crippen LogP contribution in [-0.2, 0) is 34.9 Å². The highest BCUT2D eigenvalue weighted by atomic mass is 16.7. The molecule has 232 valence electrons. The van der Waals surface area contributed by atoms with Crippen molar-refractivity contribution in [2.24, 2.45) is 5.73 Å². The minimum atomic E-state index is -1.63. The smallest absolute Gasteiger partial charge is 0.468 e. The lowest BCUT2D eigenvalue weighted by molar-refractivity contribution is -0.148. The monoisotopic (exact) mass is 583 g/mol. The summed E-state index contributed by atoms with van der Waals surface area (Å²) in [5.41, 5.74) is 5.27. The van der Waals surface area contributed by atoms with Gasteiger partial charge in [0.05, 0.1) is 26.9 Å². The Kier molecular flexibility index (Phi) is 16.9. The molecule has 1 unspecified atom stereocenters. The number of carbonyl (C=O) groups is 4. The predicted molar refractivity (Wildman–Crippen MR) is 149 cm³/mol. The van der Waals surface area contributed by atoms with Crippen LogP contribution in [0.2, 0.25) is 0 Å². The van der Waals surface area contributed by atoms with Gasteiger partial charge in [-0.05, 0) is 43.9 Å². The van der Waals surface area contributed by atoms with Crippen LogP contribution in [0.3, 0.4) is 0 Å². The van der Waals surface area contributed by atoms with E-state index in [1.807, 2.05) is 20.8 Å². The van der Waals surface area contributed by atoms with Gasteiger partial charge in [-0.2, -0.15) is 0 Å². The van der Waals surface area contributed by atoms with Gasteiger partial charge >= 0.3 is 24.4 Å². The average Bonchev–Trinajstić information content (AvgIpc) is 2.93. The molecule has 12 heteroatoms. The topological polar surface area (TPSA) is 159 Å². The summed E-state index contributed by atoms with van der Waals surface area (Å²) < 4.78 is 35.9. The van der Waals surface area contributed by atoms with Crippen LogP contribution in [0.25, 0.3) is 0 Å². The van der Waals surface area contributed by atoms with Gasteiger partial charge in [0.1, 0.15) is 11.6 Å². The summed E-state index contributed by atoms with van der Waals surface area (Å²) >= 11 is 0. The Morgan fingerprint density at radius 1 is 0.780 bits per heavy atom. The number of unbranched alkanes of at least 4 members (excludes halogenated alkanes) is 4. The Balaban J connectivity index is 3.14. The van der Waals surface area contributed by atoms with Gasteiger partial charge in [-0.15, -0.1) is 0 Å². The van der Waals surface area contributed by atoms with E-state index in [-0.39, 0.29) is 44.2 Å². The molecule has 0 radical (unpaired) electrons. The van der Waals surface area contributed by atoms with Gasteiger partial charge in [0.15, 0.2) is 11.5 Å². The third-order valence-electron chi connectivity index (χ3n) is 5.81. The number of nitrogens with two attached hydrogens (primary N) is 1. The van der Waals surface area contributed by atoms with Crippen LogP contribution in [0.15, 0.2) is 18.2 Å². The van der Waals surface area contributed by atoms with E-state index in [2.05, 4.69) is 0 Å². The number of rotatable bonds is 18. The first-order valence-electron chi connectivity index (χ1n) is 14.1. The van der Waals surface area contributed by atoms with Gasteiger partial charge in [-0.25, -0.2) is 14.4 Å². The number of methoxy groups -OCH3 is 1. The maximum atomic E-state index is 12.7. The molecule has 0 amide bonds. The second-order valence-corrected chi connectivity index (χ2v) is 9.65. The minimum absolute atomic E-state index is 0.0872. The molecular weight excluding hydrogens is 538 g/mol. The fourth-order valence-electron chi connectivity index (χ4n) is 3.81. The van der Waals surface area contributed by atoms with Crippen LogP contribution in [0.4, 0.5) is 14.4 Å². The first-order valence-corrected chi connectivity index (χ1v) is 14.1. The van der Waals surface area contributed by atoms with Gasteiger partial charge in [0, 0.05) is 12.8 Å². The predicted octanol–water partition coefficient (Wildman–Crippen LogP) is 5.85. The second kappa shape index (κ2) is 19.5. The highest BCUT2D eigenvalue weighted by Gasteiger charge is 2.38. The Bertz CT molecular complexity index is 968. The quantitative estimate of drug-likeness (QED) is 0.0951. The normalized spacial score (nSPS) is 12.8. The zero-order chi connectivity index (χ0) is 30.7. The molecule has 0 saturated heterocycles. The van der Waals surface area contributed by atoms with Crippen molar-refractivity contribution in [1.29, 1.82) is 0 Å². The molecule has 0 spiro atoms. The van der Waals surface area contributed by atoms with Crippen LogP contribution >= 0.6 is 0 Å². The van der Waals surface area contributed by atoms with E-state index in [0.29, 0.717) is 24.8 Å². The van der Waals surface area contributed by atoms with Crippen molar-refractivity contribution in [3.8, 4) is 11.5 Å². The zero-order valence-electron chi connectivity index (χ0n) is 24.9. The number of carbonyl (C=O) groups excluding carboxylic acids is 4. The fraction of sp³-hybridized carbons (Fsp3) is 0.655. The van der Waals surface area contributed by atoms with Crippen molar-refractivity contribution in [1.82, 2.24) is 0 Å². The molecule has 0 heterocycles. The molecule has 2 N–H and O–H groups in total. The molecule has 1 aromatic carbocycles. The zero-order valence-corrected chi connectivity index (χ0v) is 24.9. The summed E-state index contributed by atoms with van der Waals surface area (Å²) in [5.74, 6) is -0.965.